The van der Waals surface area contributed by atoms with Crippen molar-refractivity contribution in [3.05, 3.63) is 22.5 Å². The second-order valence-electron chi connectivity index (χ2n) is 4.32. The van der Waals surface area contributed by atoms with Gasteiger partial charge in [-0.2, -0.15) is 5.10 Å². The molecule has 1 fully saturated rings. The topological polar surface area (TPSA) is 57.8 Å². The van der Waals surface area contributed by atoms with E-state index in [1.165, 1.54) is 31.7 Å². The van der Waals surface area contributed by atoms with Crippen molar-refractivity contribution in [3.63, 3.8) is 0 Å². The lowest BCUT2D eigenvalue weighted by molar-refractivity contribution is 0.349. The van der Waals surface area contributed by atoms with Crippen molar-refractivity contribution in [3.8, 4) is 0 Å². The van der Waals surface area contributed by atoms with Crippen LogP contribution in [0.15, 0.2) is 16.9 Å². The fraction of sp³-hybridized carbons (Fsp3) is 0.636. The Morgan fingerprint density at radius 2 is 2.20 bits per heavy atom. The van der Waals surface area contributed by atoms with Gasteiger partial charge in [0, 0.05) is 12.1 Å². The standard InChI is InChI=1S/C11H17N3O/c1-8-4-2-3-5-9(8)12-10-6-7-11(15)14-13-10/h6-9H,2-5H2,1H3,(H,12,13)(H,14,15)/t8-,9+/m0/s1. The number of rotatable bonds is 2. The number of hydrogen-bond donors (Lipinski definition) is 2. The third kappa shape index (κ3) is 2.58. The van der Waals surface area contributed by atoms with Crippen LogP contribution < -0.4 is 10.9 Å². The quantitative estimate of drug-likeness (QED) is 0.777. The van der Waals surface area contributed by atoms with E-state index in [9.17, 15) is 4.79 Å². The van der Waals surface area contributed by atoms with E-state index in [1.807, 2.05) is 0 Å². The van der Waals surface area contributed by atoms with Crippen LogP contribution in [0.3, 0.4) is 0 Å². The van der Waals surface area contributed by atoms with Crippen LogP contribution in [0, 0.1) is 5.92 Å². The monoisotopic (exact) mass is 207 g/mol. The summed E-state index contributed by atoms with van der Waals surface area (Å²) < 4.78 is 0. The Balaban J connectivity index is 2.01. The van der Waals surface area contributed by atoms with Crippen molar-refractivity contribution < 1.29 is 0 Å². The van der Waals surface area contributed by atoms with E-state index in [-0.39, 0.29) is 5.56 Å². The van der Waals surface area contributed by atoms with Crippen LogP contribution in [0.1, 0.15) is 32.6 Å². The lowest BCUT2D eigenvalue weighted by Crippen LogP contribution is -2.31. The van der Waals surface area contributed by atoms with Crippen molar-refractivity contribution in [2.75, 3.05) is 5.32 Å². The van der Waals surface area contributed by atoms with Crippen LogP contribution in [-0.4, -0.2) is 16.2 Å². The van der Waals surface area contributed by atoms with E-state index in [0.717, 1.165) is 5.82 Å². The van der Waals surface area contributed by atoms with E-state index in [0.29, 0.717) is 12.0 Å². The minimum Gasteiger partial charge on any atom is -0.366 e. The van der Waals surface area contributed by atoms with Gasteiger partial charge in [0.15, 0.2) is 0 Å². The highest BCUT2D eigenvalue weighted by atomic mass is 16.1. The van der Waals surface area contributed by atoms with Crippen LogP contribution >= 0.6 is 0 Å². The Kier molecular flexibility index (Phi) is 3.04. The summed E-state index contributed by atoms with van der Waals surface area (Å²) in [4.78, 5) is 10.8. The van der Waals surface area contributed by atoms with E-state index < -0.39 is 0 Å². The van der Waals surface area contributed by atoms with Gasteiger partial charge in [-0.15, -0.1) is 0 Å². The number of nitrogens with one attached hydrogen (secondary N) is 2. The summed E-state index contributed by atoms with van der Waals surface area (Å²) in [6.07, 6.45) is 5.09. The van der Waals surface area contributed by atoms with Crippen molar-refractivity contribution in [2.45, 2.75) is 38.6 Å². The van der Waals surface area contributed by atoms with E-state index in [4.69, 9.17) is 0 Å². The molecule has 1 saturated carbocycles. The van der Waals surface area contributed by atoms with Gasteiger partial charge in [0.1, 0.15) is 5.82 Å². The lowest BCUT2D eigenvalue weighted by Gasteiger charge is -2.29. The summed E-state index contributed by atoms with van der Waals surface area (Å²) in [5.41, 5.74) is -0.155. The Morgan fingerprint density at radius 1 is 1.40 bits per heavy atom. The fourth-order valence-electron chi connectivity index (χ4n) is 2.15. The maximum Gasteiger partial charge on any atom is 0.264 e. The molecule has 4 nitrogen and oxygen atoms in total. The van der Waals surface area contributed by atoms with Crippen molar-refractivity contribution >= 4 is 5.82 Å². The molecular formula is C11H17N3O. The summed E-state index contributed by atoms with van der Waals surface area (Å²) >= 11 is 0. The molecule has 0 spiro atoms. The summed E-state index contributed by atoms with van der Waals surface area (Å²) in [7, 11) is 0. The van der Waals surface area contributed by atoms with Gasteiger partial charge in [0.2, 0.25) is 0 Å². The molecule has 15 heavy (non-hydrogen) atoms. The van der Waals surface area contributed by atoms with Gasteiger partial charge >= 0.3 is 0 Å². The van der Waals surface area contributed by atoms with Crippen molar-refractivity contribution in [2.24, 2.45) is 5.92 Å². The average molecular weight is 207 g/mol. The third-order valence-corrected chi connectivity index (χ3v) is 3.12. The number of aromatic amines is 1. The van der Waals surface area contributed by atoms with Gasteiger partial charge in [0.05, 0.1) is 0 Å². The lowest BCUT2D eigenvalue weighted by atomic mass is 9.86. The minimum absolute atomic E-state index is 0.155. The van der Waals surface area contributed by atoms with Crippen LogP contribution in [0.2, 0.25) is 0 Å². The molecule has 0 radical (unpaired) electrons. The van der Waals surface area contributed by atoms with Gasteiger partial charge in [-0.25, -0.2) is 5.10 Å². The first kappa shape index (κ1) is 10.2. The van der Waals surface area contributed by atoms with E-state index >= 15 is 0 Å². The second-order valence-corrected chi connectivity index (χ2v) is 4.32. The molecule has 1 heterocycles. The smallest absolute Gasteiger partial charge is 0.264 e. The summed E-state index contributed by atoms with van der Waals surface area (Å²) in [6.45, 7) is 2.27. The molecule has 2 atom stereocenters. The van der Waals surface area contributed by atoms with Crippen LogP contribution in [0.4, 0.5) is 5.82 Å². The molecule has 1 aliphatic rings. The van der Waals surface area contributed by atoms with Gasteiger partial charge in [-0.05, 0) is 24.8 Å². The molecule has 0 unspecified atom stereocenters. The highest BCUT2D eigenvalue weighted by Crippen LogP contribution is 2.25. The molecule has 1 aromatic rings. The van der Waals surface area contributed by atoms with Gasteiger partial charge in [-0.1, -0.05) is 19.8 Å². The SMILES string of the molecule is C[C@H]1CCCC[C@H]1Nc1ccc(=O)[nH]n1. The summed E-state index contributed by atoms with van der Waals surface area (Å²) in [5.74, 6) is 1.46. The molecule has 0 amide bonds. The Morgan fingerprint density at radius 3 is 2.87 bits per heavy atom. The second kappa shape index (κ2) is 4.47. The van der Waals surface area contributed by atoms with Crippen LogP contribution in [-0.2, 0) is 0 Å². The predicted octanol–water partition coefficient (Wildman–Crippen LogP) is 1.76. The molecule has 0 aliphatic heterocycles. The first-order valence-corrected chi connectivity index (χ1v) is 5.58. The maximum absolute atomic E-state index is 10.8. The largest absolute Gasteiger partial charge is 0.366 e. The zero-order valence-corrected chi connectivity index (χ0v) is 8.99. The highest BCUT2D eigenvalue weighted by molar-refractivity contribution is 5.33. The van der Waals surface area contributed by atoms with Gasteiger partial charge in [-0.3, -0.25) is 4.79 Å². The maximum atomic E-state index is 10.8. The molecule has 2 rings (SSSR count). The molecule has 1 aliphatic carbocycles. The van der Waals surface area contributed by atoms with Crippen LogP contribution in [0.25, 0.3) is 0 Å². The third-order valence-electron chi connectivity index (χ3n) is 3.12. The zero-order chi connectivity index (χ0) is 10.7. The Bertz CT molecular complexity index is 354. The molecule has 0 saturated heterocycles. The molecule has 82 valence electrons. The van der Waals surface area contributed by atoms with Gasteiger partial charge in [0.25, 0.3) is 5.56 Å². The first-order valence-electron chi connectivity index (χ1n) is 5.58. The van der Waals surface area contributed by atoms with Crippen LogP contribution in [0.5, 0.6) is 0 Å². The molecule has 2 N–H and O–H groups in total. The molecular weight excluding hydrogens is 190 g/mol. The van der Waals surface area contributed by atoms with E-state index in [2.05, 4.69) is 22.4 Å². The van der Waals surface area contributed by atoms with Crippen molar-refractivity contribution in [1.29, 1.82) is 0 Å². The van der Waals surface area contributed by atoms with Crippen molar-refractivity contribution in [1.82, 2.24) is 10.2 Å². The molecule has 0 bridgehead atoms. The zero-order valence-electron chi connectivity index (χ0n) is 8.99. The Hall–Kier alpha value is -1.32. The minimum atomic E-state index is -0.155. The van der Waals surface area contributed by atoms with Gasteiger partial charge < -0.3 is 5.32 Å². The molecule has 1 aromatic heterocycles. The summed E-state index contributed by atoms with van der Waals surface area (Å²) in [6, 6.07) is 3.74. The fourth-order valence-corrected chi connectivity index (χ4v) is 2.15. The summed E-state index contributed by atoms with van der Waals surface area (Å²) in [5, 5.41) is 9.77. The van der Waals surface area contributed by atoms with E-state index in [1.54, 1.807) is 6.07 Å². The number of hydrogen-bond acceptors (Lipinski definition) is 3. The average Bonchev–Trinajstić information content (AvgIpc) is 2.25. The molecule has 4 heteroatoms. The number of H-pyrrole nitrogens is 1. The number of nitrogens with zero attached hydrogens (tertiary/aromatic N) is 1. The normalized spacial score (nSPS) is 26.2. The highest BCUT2D eigenvalue weighted by Gasteiger charge is 2.21. The number of aromatic nitrogens is 2. The number of anilines is 1. The predicted molar refractivity (Wildman–Crippen MR) is 59.9 cm³/mol. The first-order chi connectivity index (χ1) is 7.25. The Labute approximate surface area is 89.1 Å². The molecule has 0 aromatic carbocycles.